The topological polar surface area (TPSA) is 52.0 Å². The molecule has 33 heavy (non-hydrogen) atoms. The average molecular weight is 475 g/mol. The van der Waals surface area contributed by atoms with Gasteiger partial charge in [-0.15, -0.1) is 11.3 Å². The van der Waals surface area contributed by atoms with Gasteiger partial charge in [0.1, 0.15) is 5.01 Å². The van der Waals surface area contributed by atoms with Crippen LogP contribution in [0.5, 0.6) is 0 Å². The van der Waals surface area contributed by atoms with Crippen LogP contribution in [0.3, 0.4) is 0 Å². The van der Waals surface area contributed by atoms with Crippen molar-refractivity contribution in [2.75, 3.05) is 0 Å². The third-order valence-corrected chi connectivity index (χ3v) is 7.25. The Morgan fingerprint density at radius 1 is 1.00 bits per heavy atom. The molecule has 0 atom stereocenters. The second kappa shape index (κ2) is 8.08. The van der Waals surface area contributed by atoms with Gasteiger partial charge < -0.3 is 0 Å². The lowest BCUT2D eigenvalue weighted by Gasteiger charge is -2.32. The van der Waals surface area contributed by atoms with E-state index in [2.05, 4.69) is 13.8 Å². The number of carbonyl (C=O) groups is 1. The number of hydrogen-bond acceptors (Lipinski definition) is 4. The van der Waals surface area contributed by atoms with Gasteiger partial charge in [0.2, 0.25) is 0 Å². The zero-order chi connectivity index (χ0) is 23.3. The molecule has 5 rings (SSSR count). The zero-order valence-corrected chi connectivity index (χ0v) is 20.3. The molecular weight excluding hydrogens is 452 g/mol. The first-order valence-corrected chi connectivity index (χ1v) is 12.1. The normalized spacial score (nSPS) is 14.8. The summed E-state index contributed by atoms with van der Waals surface area (Å²) in [6.45, 7) is 6.14. The Morgan fingerprint density at radius 2 is 1.73 bits per heavy atom. The van der Waals surface area contributed by atoms with Gasteiger partial charge in [0, 0.05) is 33.6 Å². The third kappa shape index (κ3) is 3.96. The van der Waals surface area contributed by atoms with Crippen LogP contribution in [0.1, 0.15) is 41.9 Å². The van der Waals surface area contributed by atoms with Crippen LogP contribution in [0.15, 0.2) is 64.8 Å². The summed E-state index contributed by atoms with van der Waals surface area (Å²) >= 11 is 7.42. The number of Topliss-reactive ketones (excluding diaryl/α,β-unsaturated/α-hetero) is 1. The first kappa shape index (κ1) is 21.8. The Labute approximate surface area is 201 Å². The molecule has 0 N–H and O–H groups in total. The molecule has 2 aromatic heterocycles. The predicted molar refractivity (Wildman–Crippen MR) is 135 cm³/mol. The number of benzene rings is 2. The molecule has 0 unspecified atom stereocenters. The molecule has 2 aromatic carbocycles. The number of ketones is 1. The molecule has 0 saturated heterocycles. The van der Waals surface area contributed by atoms with Gasteiger partial charge in [-0.05, 0) is 48.6 Å². The summed E-state index contributed by atoms with van der Waals surface area (Å²) < 4.78 is 1.74. The summed E-state index contributed by atoms with van der Waals surface area (Å²) in [6.07, 6.45) is 1.12. The molecule has 0 amide bonds. The van der Waals surface area contributed by atoms with Gasteiger partial charge in [-0.25, -0.2) is 4.98 Å². The van der Waals surface area contributed by atoms with Crippen molar-refractivity contribution in [3.05, 3.63) is 92.2 Å². The van der Waals surface area contributed by atoms with E-state index in [1.807, 2.05) is 60.8 Å². The molecule has 4 nitrogen and oxygen atoms in total. The maximum Gasteiger partial charge on any atom is 0.265 e. The molecule has 6 heteroatoms. The van der Waals surface area contributed by atoms with Crippen molar-refractivity contribution in [2.45, 2.75) is 33.6 Å². The van der Waals surface area contributed by atoms with Crippen LogP contribution < -0.4 is 5.56 Å². The number of aryl methyl sites for hydroxylation is 1. The van der Waals surface area contributed by atoms with E-state index < -0.39 is 0 Å². The Balaban J connectivity index is 1.74. The molecule has 0 aliphatic heterocycles. The molecule has 0 bridgehead atoms. The lowest BCUT2D eigenvalue weighted by molar-refractivity contribution is 0.0909. The highest BCUT2D eigenvalue weighted by atomic mass is 35.5. The standard InChI is InChI=1S/C27H23ClN2O2S/c1-16-6-4-5-7-22(16)30-23-13-27(2,3)14-24(31)19(23)12-20(26(30)32)25-29-21(15-33-25)17-8-10-18(28)11-9-17/h4-12,15H,13-14H2,1-3H3. The smallest absolute Gasteiger partial charge is 0.265 e. The molecule has 166 valence electrons. The van der Waals surface area contributed by atoms with Crippen LogP contribution in [0.25, 0.3) is 27.5 Å². The lowest BCUT2D eigenvalue weighted by atomic mass is 9.75. The minimum Gasteiger partial charge on any atom is -0.294 e. The number of rotatable bonds is 3. The number of halogens is 1. The van der Waals surface area contributed by atoms with E-state index in [0.29, 0.717) is 34.0 Å². The third-order valence-electron chi connectivity index (χ3n) is 6.12. The summed E-state index contributed by atoms with van der Waals surface area (Å²) in [7, 11) is 0. The van der Waals surface area contributed by atoms with E-state index >= 15 is 0 Å². The predicted octanol–water partition coefficient (Wildman–Crippen LogP) is 6.74. The molecule has 4 aromatic rings. The highest BCUT2D eigenvalue weighted by Crippen LogP contribution is 2.37. The van der Waals surface area contributed by atoms with Crippen LogP contribution in [-0.4, -0.2) is 15.3 Å². The number of nitrogens with zero attached hydrogens (tertiary/aromatic N) is 2. The van der Waals surface area contributed by atoms with Crippen molar-refractivity contribution in [2.24, 2.45) is 5.41 Å². The first-order valence-electron chi connectivity index (χ1n) is 10.8. The van der Waals surface area contributed by atoms with Crippen LogP contribution >= 0.6 is 22.9 Å². The first-order chi connectivity index (χ1) is 15.7. The molecule has 0 radical (unpaired) electrons. The summed E-state index contributed by atoms with van der Waals surface area (Å²) in [5.41, 5.74) is 5.00. The molecule has 0 spiro atoms. The quantitative estimate of drug-likeness (QED) is 0.330. The average Bonchev–Trinajstić information content (AvgIpc) is 3.24. The molecular formula is C27H23ClN2O2S. The maximum absolute atomic E-state index is 13.9. The molecule has 0 fully saturated rings. The number of para-hydroxylation sites is 1. The van der Waals surface area contributed by atoms with Crippen molar-refractivity contribution in [3.8, 4) is 27.5 Å². The van der Waals surface area contributed by atoms with Crippen LogP contribution in [-0.2, 0) is 6.42 Å². The van der Waals surface area contributed by atoms with E-state index in [0.717, 1.165) is 28.2 Å². The van der Waals surface area contributed by atoms with Crippen molar-refractivity contribution in [1.29, 1.82) is 0 Å². The summed E-state index contributed by atoms with van der Waals surface area (Å²) in [5, 5.41) is 3.19. The Kier molecular flexibility index (Phi) is 5.34. The van der Waals surface area contributed by atoms with Gasteiger partial charge in [0.25, 0.3) is 5.56 Å². The number of hydrogen-bond donors (Lipinski definition) is 0. The molecule has 1 aliphatic carbocycles. The van der Waals surface area contributed by atoms with Gasteiger partial charge in [0.05, 0.1) is 16.9 Å². The second-order valence-corrected chi connectivity index (χ2v) is 10.6. The second-order valence-electron chi connectivity index (χ2n) is 9.33. The summed E-state index contributed by atoms with van der Waals surface area (Å²) in [4.78, 5) is 31.8. The van der Waals surface area contributed by atoms with E-state index in [-0.39, 0.29) is 16.8 Å². The summed E-state index contributed by atoms with van der Waals surface area (Å²) in [6, 6.07) is 17.0. The van der Waals surface area contributed by atoms with E-state index in [4.69, 9.17) is 16.6 Å². The van der Waals surface area contributed by atoms with E-state index in [9.17, 15) is 9.59 Å². The maximum atomic E-state index is 13.9. The number of fused-ring (bicyclic) bond motifs is 1. The largest absolute Gasteiger partial charge is 0.294 e. The van der Waals surface area contributed by atoms with Gasteiger partial charge in [0.15, 0.2) is 5.78 Å². The minimum atomic E-state index is -0.203. The van der Waals surface area contributed by atoms with Gasteiger partial charge >= 0.3 is 0 Å². The fourth-order valence-electron chi connectivity index (χ4n) is 4.49. The van der Waals surface area contributed by atoms with Crippen LogP contribution in [0.4, 0.5) is 0 Å². The van der Waals surface area contributed by atoms with Crippen molar-refractivity contribution in [3.63, 3.8) is 0 Å². The van der Waals surface area contributed by atoms with Gasteiger partial charge in [-0.3, -0.25) is 14.2 Å². The van der Waals surface area contributed by atoms with Gasteiger partial charge in [-0.1, -0.05) is 55.8 Å². The Morgan fingerprint density at radius 3 is 2.45 bits per heavy atom. The number of pyridine rings is 1. The SMILES string of the molecule is Cc1ccccc1-n1c2c(cc(-c3nc(-c4ccc(Cl)cc4)cs3)c1=O)C(=O)CC(C)(C)C2. The fraction of sp³-hybridized carbons (Fsp3) is 0.222. The molecule has 1 aliphatic rings. The molecule has 2 heterocycles. The van der Waals surface area contributed by atoms with Crippen molar-refractivity contribution >= 4 is 28.7 Å². The van der Waals surface area contributed by atoms with Gasteiger partial charge in [-0.2, -0.15) is 0 Å². The number of carbonyl (C=O) groups excluding carboxylic acids is 1. The highest BCUT2D eigenvalue weighted by molar-refractivity contribution is 7.13. The lowest BCUT2D eigenvalue weighted by Crippen LogP contribution is -2.35. The van der Waals surface area contributed by atoms with Crippen molar-refractivity contribution < 1.29 is 4.79 Å². The van der Waals surface area contributed by atoms with Crippen LogP contribution in [0.2, 0.25) is 5.02 Å². The highest BCUT2D eigenvalue weighted by Gasteiger charge is 2.34. The fourth-order valence-corrected chi connectivity index (χ4v) is 5.45. The van der Waals surface area contributed by atoms with Crippen LogP contribution in [0, 0.1) is 12.3 Å². The molecule has 0 saturated carbocycles. The Bertz CT molecular complexity index is 1450. The van der Waals surface area contributed by atoms with E-state index in [1.165, 1.54) is 11.3 Å². The monoisotopic (exact) mass is 474 g/mol. The number of aromatic nitrogens is 2. The minimum absolute atomic E-state index is 0.0688. The zero-order valence-electron chi connectivity index (χ0n) is 18.7. The summed E-state index contributed by atoms with van der Waals surface area (Å²) in [5.74, 6) is 0.0688. The van der Waals surface area contributed by atoms with Crippen molar-refractivity contribution in [1.82, 2.24) is 9.55 Å². The Hall–Kier alpha value is -3.02. The van der Waals surface area contributed by atoms with E-state index in [1.54, 1.807) is 10.6 Å². The number of thiazole rings is 1.